The topological polar surface area (TPSA) is 69.7 Å². The number of benzene rings is 1. The van der Waals surface area contributed by atoms with Crippen LogP contribution in [-0.2, 0) is 6.54 Å². The summed E-state index contributed by atoms with van der Waals surface area (Å²) < 4.78 is 0. The van der Waals surface area contributed by atoms with E-state index in [9.17, 15) is 0 Å². The quantitative estimate of drug-likeness (QED) is 0.774. The Morgan fingerprint density at radius 3 is 2.50 bits per heavy atom. The molecule has 2 N–H and O–H groups in total. The van der Waals surface area contributed by atoms with E-state index in [0.717, 1.165) is 22.7 Å². The summed E-state index contributed by atoms with van der Waals surface area (Å²) in [6.45, 7) is 4.71. The second-order valence-electron chi connectivity index (χ2n) is 4.73. The number of fused-ring (bicyclic) bond motifs is 1. The van der Waals surface area contributed by atoms with E-state index in [1.54, 1.807) is 0 Å². The molecule has 0 aliphatic rings. The lowest BCUT2D eigenvalue weighted by molar-refractivity contribution is 1.02. The van der Waals surface area contributed by atoms with E-state index >= 15 is 0 Å². The predicted molar refractivity (Wildman–Crippen MR) is 91.1 cm³/mol. The van der Waals surface area contributed by atoms with Gasteiger partial charge < -0.3 is 10.2 Å². The van der Waals surface area contributed by atoms with E-state index in [2.05, 4.69) is 37.6 Å². The average molecular weight is 298 g/mol. The molecule has 6 nitrogen and oxygen atoms in total. The highest BCUT2D eigenvalue weighted by Gasteiger charge is 2.13. The van der Waals surface area contributed by atoms with Gasteiger partial charge in [-0.25, -0.2) is 9.97 Å². The molecule has 116 valence electrons. The summed E-state index contributed by atoms with van der Waals surface area (Å²) in [5.41, 5.74) is 1.94. The van der Waals surface area contributed by atoms with Gasteiger partial charge in [-0.05, 0) is 5.56 Å². The Morgan fingerprint density at radius 1 is 1.09 bits per heavy atom. The number of aromatic amines is 1. The van der Waals surface area contributed by atoms with Crippen LogP contribution in [0.3, 0.4) is 0 Å². The molecule has 0 amide bonds. The van der Waals surface area contributed by atoms with Gasteiger partial charge in [-0.3, -0.25) is 5.10 Å². The first-order valence-corrected chi connectivity index (χ1v) is 7.40. The van der Waals surface area contributed by atoms with Gasteiger partial charge in [0.2, 0.25) is 0 Å². The van der Waals surface area contributed by atoms with E-state index in [-0.39, 0.29) is 0 Å². The van der Waals surface area contributed by atoms with Crippen molar-refractivity contribution in [2.24, 2.45) is 0 Å². The maximum absolute atomic E-state index is 4.33. The molecule has 0 saturated heterocycles. The molecule has 0 radical (unpaired) electrons. The van der Waals surface area contributed by atoms with Gasteiger partial charge in [0.1, 0.15) is 17.5 Å². The lowest BCUT2D eigenvalue weighted by Crippen LogP contribution is -2.10. The van der Waals surface area contributed by atoms with Crippen molar-refractivity contribution in [3.63, 3.8) is 0 Å². The SMILES string of the molecule is CC.CN(C)c1n[nH]c2ncnc(NCc3ccccc3)c12. The van der Waals surface area contributed by atoms with Gasteiger partial charge in [-0.1, -0.05) is 44.2 Å². The van der Waals surface area contributed by atoms with Gasteiger partial charge in [0, 0.05) is 20.6 Å². The zero-order valence-electron chi connectivity index (χ0n) is 13.5. The largest absolute Gasteiger partial charge is 0.365 e. The molecule has 2 heterocycles. The summed E-state index contributed by atoms with van der Waals surface area (Å²) in [6.07, 6.45) is 1.54. The molecule has 0 atom stereocenters. The fourth-order valence-electron chi connectivity index (χ4n) is 2.08. The van der Waals surface area contributed by atoms with Crippen LogP contribution in [0, 0.1) is 0 Å². The summed E-state index contributed by atoms with van der Waals surface area (Å²) in [5, 5.41) is 11.5. The van der Waals surface area contributed by atoms with Crippen molar-refractivity contribution < 1.29 is 0 Å². The van der Waals surface area contributed by atoms with Crippen molar-refractivity contribution in [3.05, 3.63) is 42.2 Å². The second kappa shape index (κ2) is 7.40. The maximum atomic E-state index is 4.33. The average Bonchev–Trinajstić information content (AvgIpc) is 3.01. The molecule has 2 aromatic heterocycles. The summed E-state index contributed by atoms with van der Waals surface area (Å²) in [6, 6.07) is 10.2. The Balaban J connectivity index is 0.000000847. The van der Waals surface area contributed by atoms with Crippen molar-refractivity contribution in [1.82, 2.24) is 20.2 Å². The van der Waals surface area contributed by atoms with E-state index in [0.29, 0.717) is 6.54 Å². The summed E-state index contributed by atoms with van der Waals surface area (Å²) in [7, 11) is 3.90. The minimum Gasteiger partial charge on any atom is -0.365 e. The number of hydrogen-bond acceptors (Lipinski definition) is 5. The van der Waals surface area contributed by atoms with Gasteiger partial charge in [-0.2, -0.15) is 5.10 Å². The molecule has 0 fully saturated rings. The molecule has 3 aromatic rings. The standard InChI is InChI=1S/C14H16N6.C2H6/c1-20(2)14-11-12(16-9-17-13(11)18-19-14)15-8-10-6-4-3-5-7-10;1-2/h3-7,9H,8H2,1-2H3,(H2,15,16,17,18,19);1-2H3. The van der Waals surface area contributed by atoms with Crippen LogP contribution in [0.4, 0.5) is 11.6 Å². The monoisotopic (exact) mass is 298 g/mol. The molecular weight excluding hydrogens is 276 g/mol. The molecule has 0 aliphatic heterocycles. The van der Waals surface area contributed by atoms with E-state index in [1.807, 2.05) is 51.0 Å². The Labute approximate surface area is 130 Å². The Morgan fingerprint density at radius 2 is 1.82 bits per heavy atom. The third kappa shape index (κ3) is 3.33. The van der Waals surface area contributed by atoms with Crippen molar-refractivity contribution in [1.29, 1.82) is 0 Å². The molecule has 6 heteroatoms. The van der Waals surface area contributed by atoms with Crippen molar-refractivity contribution in [2.75, 3.05) is 24.3 Å². The molecule has 3 rings (SSSR count). The van der Waals surface area contributed by atoms with Gasteiger partial charge in [0.25, 0.3) is 0 Å². The van der Waals surface area contributed by atoms with Crippen LogP contribution in [0.2, 0.25) is 0 Å². The highest BCUT2D eigenvalue weighted by molar-refractivity contribution is 5.96. The maximum Gasteiger partial charge on any atom is 0.163 e. The number of anilines is 2. The number of H-pyrrole nitrogens is 1. The van der Waals surface area contributed by atoms with Crippen molar-refractivity contribution >= 4 is 22.7 Å². The molecular formula is C16H22N6. The predicted octanol–water partition coefficient (Wildman–Crippen LogP) is 3.06. The lowest BCUT2D eigenvalue weighted by atomic mass is 10.2. The van der Waals surface area contributed by atoms with E-state index < -0.39 is 0 Å². The minimum atomic E-state index is 0.713. The molecule has 0 bridgehead atoms. The molecule has 1 aromatic carbocycles. The zero-order valence-corrected chi connectivity index (χ0v) is 13.5. The number of aromatic nitrogens is 4. The van der Waals surface area contributed by atoms with Crippen LogP contribution >= 0.6 is 0 Å². The lowest BCUT2D eigenvalue weighted by Gasteiger charge is -2.11. The normalized spacial score (nSPS) is 10.0. The Kier molecular flexibility index (Phi) is 5.30. The fourth-order valence-corrected chi connectivity index (χ4v) is 2.08. The Bertz CT molecular complexity index is 705. The van der Waals surface area contributed by atoms with Gasteiger partial charge in [0.15, 0.2) is 11.5 Å². The van der Waals surface area contributed by atoms with E-state index in [4.69, 9.17) is 0 Å². The first-order valence-electron chi connectivity index (χ1n) is 7.40. The van der Waals surface area contributed by atoms with Crippen LogP contribution in [0.1, 0.15) is 19.4 Å². The van der Waals surface area contributed by atoms with Crippen LogP contribution < -0.4 is 10.2 Å². The highest BCUT2D eigenvalue weighted by Crippen LogP contribution is 2.27. The fraction of sp³-hybridized carbons (Fsp3) is 0.312. The first kappa shape index (κ1) is 15.8. The number of rotatable bonds is 4. The molecule has 0 saturated carbocycles. The van der Waals surface area contributed by atoms with Gasteiger partial charge >= 0.3 is 0 Å². The smallest absolute Gasteiger partial charge is 0.163 e. The molecule has 0 spiro atoms. The van der Waals surface area contributed by atoms with Crippen molar-refractivity contribution in [2.45, 2.75) is 20.4 Å². The summed E-state index contributed by atoms with van der Waals surface area (Å²) in [5.74, 6) is 1.62. The second-order valence-corrected chi connectivity index (χ2v) is 4.73. The van der Waals surface area contributed by atoms with Crippen LogP contribution in [0.15, 0.2) is 36.7 Å². The summed E-state index contributed by atoms with van der Waals surface area (Å²) in [4.78, 5) is 10.5. The third-order valence-corrected chi connectivity index (χ3v) is 3.06. The molecule has 0 unspecified atom stereocenters. The first-order chi connectivity index (χ1) is 10.8. The van der Waals surface area contributed by atoms with Gasteiger partial charge in [0.05, 0.1) is 0 Å². The Hall–Kier alpha value is -2.63. The number of nitrogens with one attached hydrogen (secondary N) is 2. The van der Waals surface area contributed by atoms with Gasteiger partial charge in [-0.15, -0.1) is 0 Å². The van der Waals surface area contributed by atoms with Crippen LogP contribution in [0.5, 0.6) is 0 Å². The van der Waals surface area contributed by atoms with E-state index in [1.165, 1.54) is 11.9 Å². The van der Waals surface area contributed by atoms with Crippen LogP contribution in [0.25, 0.3) is 11.0 Å². The molecule has 0 aliphatic carbocycles. The zero-order chi connectivity index (χ0) is 15.9. The number of hydrogen-bond donors (Lipinski definition) is 2. The summed E-state index contributed by atoms with van der Waals surface area (Å²) >= 11 is 0. The third-order valence-electron chi connectivity index (χ3n) is 3.06. The van der Waals surface area contributed by atoms with Crippen LogP contribution in [-0.4, -0.2) is 34.3 Å². The van der Waals surface area contributed by atoms with Crippen molar-refractivity contribution in [3.8, 4) is 0 Å². The highest BCUT2D eigenvalue weighted by atomic mass is 15.3. The number of nitrogens with zero attached hydrogens (tertiary/aromatic N) is 4. The molecule has 22 heavy (non-hydrogen) atoms. The minimum absolute atomic E-state index is 0.713.